The number of anilines is 1. The van der Waals surface area contributed by atoms with E-state index in [2.05, 4.69) is 26.4 Å². The number of rotatable bonds is 5. The first kappa shape index (κ1) is 20.3. The van der Waals surface area contributed by atoms with E-state index in [0.29, 0.717) is 18.3 Å². The van der Waals surface area contributed by atoms with Gasteiger partial charge in [0.05, 0.1) is 6.54 Å². The van der Waals surface area contributed by atoms with Crippen LogP contribution in [-0.2, 0) is 11.3 Å². The molecule has 0 radical (unpaired) electrons. The van der Waals surface area contributed by atoms with Gasteiger partial charge in [-0.25, -0.2) is 0 Å². The minimum atomic E-state index is 0.0337. The molecule has 1 aromatic heterocycles. The fraction of sp³-hybridized carbons (Fsp3) is 0.375. The molecular formula is C24H28N4O2. The summed E-state index contributed by atoms with van der Waals surface area (Å²) in [5.74, 6) is 1.40. The molecule has 156 valence electrons. The van der Waals surface area contributed by atoms with Crippen molar-refractivity contribution in [3.63, 3.8) is 0 Å². The molecule has 0 spiro atoms. The van der Waals surface area contributed by atoms with Crippen molar-refractivity contribution in [2.24, 2.45) is 5.92 Å². The summed E-state index contributed by atoms with van der Waals surface area (Å²) in [6.45, 7) is 8.40. The van der Waals surface area contributed by atoms with Gasteiger partial charge < -0.3 is 9.84 Å². The molecule has 0 aliphatic carbocycles. The summed E-state index contributed by atoms with van der Waals surface area (Å²) in [6, 6.07) is 14.2. The largest absolute Gasteiger partial charge is 0.338 e. The van der Waals surface area contributed by atoms with Crippen LogP contribution >= 0.6 is 0 Å². The van der Waals surface area contributed by atoms with Gasteiger partial charge in [0.25, 0.3) is 0 Å². The molecule has 2 heterocycles. The first-order valence-corrected chi connectivity index (χ1v) is 10.5. The van der Waals surface area contributed by atoms with Crippen molar-refractivity contribution in [1.82, 2.24) is 15.0 Å². The van der Waals surface area contributed by atoms with Gasteiger partial charge in [0.2, 0.25) is 17.6 Å². The Morgan fingerprint density at radius 3 is 2.63 bits per heavy atom. The van der Waals surface area contributed by atoms with Gasteiger partial charge in [-0.3, -0.25) is 9.69 Å². The number of hydrogen-bond acceptors (Lipinski definition) is 5. The van der Waals surface area contributed by atoms with E-state index in [0.717, 1.165) is 53.9 Å². The number of aromatic nitrogens is 2. The van der Waals surface area contributed by atoms with Crippen LogP contribution in [0.2, 0.25) is 0 Å². The lowest BCUT2D eigenvalue weighted by molar-refractivity contribution is -0.121. The summed E-state index contributed by atoms with van der Waals surface area (Å²) in [4.78, 5) is 19.6. The van der Waals surface area contributed by atoms with Gasteiger partial charge in [-0.1, -0.05) is 41.6 Å². The second-order valence-electron chi connectivity index (χ2n) is 8.18. The zero-order valence-corrected chi connectivity index (χ0v) is 17.8. The summed E-state index contributed by atoms with van der Waals surface area (Å²) >= 11 is 0. The molecule has 1 N–H and O–H groups in total. The van der Waals surface area contributed by atoms with E-state index in [-0.39, 0.29) is 11.8 Å². The Kier molecular flexibility index (Phi) is 5.95. The number of piperidine rings is 1. The molecule has 1 aliphatic rings. The van der Waals surface area contributed by atoms with E-state index >= 15 is 0 Å². The fourth-order valence-electron chi connectivity index (χ4n) is 3.90. The van der Waals surface area contributed by atoms with Crippen molar-refractivity contribution >= 4 is 11.6 Å². The Hall–Kier alpha value is -2.99. The van der Waals surface area contributed by atoms with E-state index in [9.17, 15) is 4.79 Å². The molecule has 3 aromatic rings. The second kappa shape index (κ2) is 8.79. The number of benzene rings is 2. The maximum absolute atomic E-state index is 12.7. The standard InChI is InChI=1S/C24H28N4O2/c1-16-8-9-18(3)21(14-16)25-24(29)19-10-12-28(13-11-19)15-22-26-23(27-30-22)20-7-5-4-6-17(20)2/h4-9,14,19H,10-13,15H2,1-3H3,(H,25,29). The van der Waals surface area contributed by atoms with Crippen molar-refractivity contribution in [3.05, 3.63) is 65.0 Å². The average Bonchev–Trinajstić information content (AvgIpc) is 3.20. The van der Waals surface area contributed by atoms with Crippen LogP contribution in [0.5, 0.6) is 0 Å². The summed E-state index contributed by atoms with van der Waals surface area (Å²) in [5.41, 5.74) is 5.27. The van der Waals surface area contributed by atoms with Crippen LogP contribution in [0.15, 0.2) is 47.0 Å². The zero-order valence-electron chi connectivity index (χ0n) is 17.8. The van der Waals surface area contributed by atoms with E-state index in [1.165, 1.54) is 0 Å². The van der Waals surface area contributed by atoms with Crippen LogP contribution < -0.4 is 5.32 Å². The topological polar surface area (TPSA) is 71.3 Å². The van der Waals surface area contributed by atoms with Crippen molar-refractivity contribution in [1.29, 1.82) is 0 Å². The highest BCUT2D eigenvalue weighted by Crippen LogP contribution is 2.24. The van der Waals surface area contributed by atoms with Crippen LogP contribution in [0.3, 0.4) is 0 Å². The molecular weight excluding hydrogens is 376 g/mol. The molecule has 0 atom stereocenters. The number of likely N-dealkylation sites (tertiary alicyclic amines) is 1. The number of carbonyl (C=O) groups excluding carboxylic acids is 1. The number of nitrogens with zero attached hydrogens (tertiary/aromatic N) is 3. The summed E-state index contributed by atoms with van der Waals surface area (Å²) < 4.78 is 5.47. The Morgan fingerprint density at radius 1 is 1.10 bits per heavy atom. The lowest BCUT2D eigenvalue weighted by Gasteiger charge is -2.30. The molecule has 0 saturated carbocycles. The van der Waals surface area contributed by atoms with Gasteiger partial charge in [0, 0.05) is 17.2 Å². The third-order valence-corrected chi connectivity index (χ3v) is 5.82. The van der Waals surface area contributed by atoms with Gasteiger partial charge in [-0.05, 0) is 69.5 Å². The van der Waals surface area contributed by atoms with Crippen LogP contribution in [0.1, 0.15) is 35.4 Å². The highest BCUT2D eigenvalue weighted by Gasteiger charge is 2.26. The highest BCUT2D eigenvalue weighted by molar-refractivity contribution is 5.93. The van der Waals surface area contributed by atoms with Crippen molar-refractivity contribution in [3.8, 4) is 11.4 Å². The van der Waals surface area contributed by atoms with Crippen LogP contribution in [0.4, 0.5) is 5.69 Å². The third kappa shape index (κ3) is 4.60. The first-order chi connectivity index (χ1) is 14.5. The maximum Gasteiger partial charge on any atom is 0.241 e. The highest BCUT2D eigenvalue weighted by atomic mass is 16.5. The second-order valence-corrected chi connectivity index (χ2v) is 8.18. The average molecular weight is 405 g/mol. The van der Waals surface area contributed by atoms with E-state index in [4.69, 9.17) is 4.52 Å². The molecule has 0 unspecified atom stereocenters. The molecule has 0 bridgehead atoms. The number of nitrogens with one attached hydrogen (secondary N) is 1. The minimum Gasteiger partial charge on any atom is -0.338 e. The van der Waals surface area contributed by atoms with E-state index < -0.39 is 0 Å². The van der Waals surface area contributed by atoms with Gasteiger partial charge in [0.1, 0.15) is 0 Å². The van der Waals surface area contributed by atoms with Gasteiger partial charge in [-0.2, -0.15) is 4.98 Å². The predicted octanol–water partition coefficient (Wildman–Crippen LogP) is 4.51. The monoisotopic (exact) mass is 404 g/mol. The lowest BCUT2D eigenvalue weighted by Crippen LogP contribution is -2.37. The molecule has 1 aliphatic heterocycles. The van der Waals surface area contributed by atoms with Crippen molar-refractivity contribution < 1.29 is 9.32 Å². The maximum atomic E-state index is 12.7. The normalized spacial score (nSPS) is 15.3. The Balaban J connectivity index is 1.31. The molecule has 1 amide bonds. The quantitative estimate of drug-likeness (QED) is 0.677. The van der Waals surface area contributed by atoms with E-state index in [1.54, 1.807) is 0 Å². The number of aryl methyl sites for hydroxylation is 3. The minimum absolute atomic E-state index is 0.0337. The zero-order chi connectivity index (χ0) is 21.1. The Bertz CT molecular complexity index is 1040. The summed E-state index contributed by atoms with van der Waals surface area (Å²) in [5, 5.41) is 7.25. The van der Waals surface area contributed by atoms with Crippen LogP contribution in [-0.4, -0.2) is 34.0 Å². The molecule has 1 saturated heterocycles. The SMILES string of the molecule is Cc1ccc(C)c(NC(=O)C2CCN(Cc3nc(-c4ccccc4C)no3)CC2)c1. The first-order valence-electron chi connectivity index (χ1n) is 10.5. The smallest absolute Gasteiger partial charge is 0.241 e. The number of hydrogen-bond donors (Lipinski definition) is 1. The van der Waals surface area contributed by atoms with Gasteiger partial charge >= 0.3 is 0 Å². The predicted molar refractivity (Wildman–Crippen MR) is 117 cm³/mol. The molecule has 6 nitrogen and oxygen atoms in total. The fourth-order valence-corrected chi connectivity index (χ4v) is 3.90. The molecule has 6 heteroatoms. The summed E-state index contributed by atoms with van der Waals surface area (Å²) in [6.07, 6.45) is 1.66. The van der Waals surface area contributed by atoms with Crippen LogP contribution in [0.25, 0.3) is 11.4 Å². The molecule has 30 heavy (non-hydrogen) atoms. The molecule has 2 aromatic carbocycles. The van der Waals surface area contributed by atoms with Crippen LogP contribution in [0, 0.1) is 26.7 Å². The molecule has 4 rings (SSSR count). The van der Waals surface area contributed by atoms with Gasteiger partial charge in [-0.15, -0.1) is 0 Å². The van der Waals surface area contributed by atoms with E-state index in [1.807, 2.05) is 57.2 Å². The lowest BCUT2D eigenvalue weighted by atomic mass is 9.95. The van der Waals surface area contributed by atoms with Gasteiger partial charge in [0.15, 0.2) is 0 Å². The summed E-state index contributed by atoms with van der Waals surface area (Å²) in [7, 11) is 0. The van der Waals surface area contributed by atoms with Crippen molar-refractivity contribution in [2.45, 2.75) is 40.2 Å². The molecule has 1 fully saturated rings. The Morgan fingerprint density at radius 2 is 1.87 bits per heavy atom. The Labute approximate surface area is 177 Å². The third-order valence-electron chi connectivity index (χ3n) is 5.82. The van der Waals surface area contributed by atoms with Crippen molar-refractivity contribution in [2.75, 3.05) is 18.4 Å². The number of amides is 1. The number of carbonyl (C=O) groups is 1.